The van der Waals surface area contributed by atoms with Crippen molar-refractivity contribution in [1.29, 1.82) is 0 Å². The van der Waals surface area contributed by atoms with E-state index in [9.17, 15) is 4.79 Å². The topological polar surface area (TPSA) is 17.1 Å². The maximum Gasteiger partial charge on any atom is 0.129 e. The largest absolute Gasteiger partial charge is 0.300 e. The Hall–Kier alpha value is -0.330. The monoisotopic (exact) mass is 260 g/mol. The molecule has 0 radical (unpaired) electrons. The fourth-order valence-electron chi connectivity index (χ4n) is 1.31. The summed E-state index contributed by atoms with van der Waals surface area (Å²) in [5, 5.41) is 0. The summed E-state index contributed by atoms with van der Waals surface area (Å²) in [7, 11) is 0. The van der Waals surface area contributed by atoms with Crippen LogP contribution in [-0.4, -0.2) is 5.78 Å². The van der Waals surface area contributed by atoms with Gasteiger partial charge in [0.1, 0.15) is 5.78 Å². The van der Waals surface area contributed by atoms with Crippen LogP contribution in [0.4, 0.5) is 0 Å². The van der Waals surface area contributed by atoms with Gasteiger partial charge in [0.05, 0.1) is 0 Å². The maximum absolute atomic E-state index is 9.81. The molecule has 0 unspecified atom stereocenters. The molecule has 1 aliphatic carbocycles. The first-order valence-electron chi connectivity index (χ1n) is 8.16. The lowest BCUT2D eigenvalue weighted by Gasteiger charge is -2.15. The number of hydrogen-bond acceptors (Lipinski definition) is 1. The third-order valence-electron chi connectivity index (χ3n) is 2.39. The number of carbonyl (C=O) groups is 1. The van der Waals surface area contributed by atoms with Gasteiger partial charge in [0.15, 0.2) is 0 Å². The normalized spacial score (nSPS) is 12.9. The van der Waals surface area contributed by atoms with E-state index in [1.807, 2.05) is 48.5 Å². The van der Waals surface area contributed by atoms with Crippen LogP contribution in [0, 0.1) is 5.92 Å². The van der Waals surface area contributed by atoms with E-state index in [-0.39, 0.29) is 5.78 Å². The van der Waals surface area contributed by atoms with Crippen LogP contribution >= 0.6 is 0 Å². The van der Waals surface area contributed by atoms with Gasteiger partial charge in [0.2, 0.25) is 0 Å². The Morgan fingerprint density at radius 2 is 1.17 bits per heavy atom. The molecule has 0 aliphatic heterocycles. The Labute approximate surface area is 118 Å². The van der Waals surface area contributed by atoms with Crippen LogP contribution in [0.5, 0.6) is 0 Å². The quantitative estimate of drug-likeness (QED) is 0.516. The number of rotatable bonds is 1. The zero-order chi connectivity index (χ0) is 15.4. The fraction of sp³-hybridized carbons (Fsp3) is 0.941. The molecule has 1 aliphatic rings. The van der Waals surface area contributed by atoms with E-state index >= 15 is 0 Å². The lowest BCUT2D eigenvalue weighted by Crippen LogP contribution is -1.99. The second-order valence-corrected chi connectivity index (χ2v) is 3.80. The molecule has 0 bridgehead atoms. The van der Waals surface area contributed by atoms with Crippen molar-refractivity contribution in [3.63, 3.8) is 0 Å². The zero-order valence-electron chi connectivity index (χ0n) is 14.7. The minimum Gasteiger partial charge on any atom is -0.300 e. The fourth-order valence-corrected chi connectivity index (χ4v) is 1.31. The van der Waals surface area contributed by atoms with E-state index in [0.717, 1.165) is 5.92 Å². The SMILES string of the molecule is CC.CC.CC.CC1CCCCC1.CCC(C)=O. The minimum atomic E-state index is 0.255. The summed E-state index contributed by atoms with van der Waals surface area (Å²) in [4.78, 5) is 9.81. The van der Waals surface area contributed by atoms with Gasteiger partial charge in [-0.3, -0.25) is 0 Å². The minimum absolute atomic E-state index is 0.255. The molecule has 1 nitrogen and oxygen atoms in total. The number of Topliss-reactive ketones (excluding diaryl/α,β-unsaturated/α-hetero) is 1. The molecule has 1 fully saturated rings. The van der Waals surface area contributed by atoms with Crippen LogP contribution in [-0.2, 0) is 4.79 Å². The van der Waals surface area contributed by atoms with Crippen LogP contribution in [0.1, 0.15) is 101 Å². The summed E-state index contributed by atoms with van der Waals surface area (Å²) in [5.41, 5.74) is 0. The highest BCUT2D eigenvalue weighted by Gasteiger charge is 2.05. The van der Waals surface area contributed by atoms with Gasteiger partial charge in [-0.2, -0.15) is 0 Å². The lowest BCUT2D eigenvalue weighted by molar-refractivity contribution is -0.116. The van der Waals surface area contributed by atoms with E-state index in [4.69, 9.17) is 0 Å². The van der Waals surface area contributed by atoms with Crippen LogP contribution in [0.2, 0.25) is 0 Å². The van der Waals surface area contributed by atoms with Gasteiger partial charge in [0.25, 0.3) is 0 Å². The summed E-state index contributed by atoms with van der Waals surface area (Å²) in [6, 6.07) is 0. The van der Waals surface area contributed by atoms with Crippen molar-refractivity contribution in [1.82, 2.24) is 0 Å². The van der Waals surface area contributed by atoms with Gasteiger partial charge in [-0.25, -0.2) is 0 Å². The molecule has 0 N–H and O–H groups in total. The summed E-state index contributed by atoms with van der Waals surface area (Å²) >= 11 is 0. The molecule has 0 aromatic rings. The highest BCUT2D eigenvalue weighted by atomic mass is 16.1. The molecule has 1 saturated carbocycles. The molecule has 1 rings (SSSR count). The molecule has 0 amide bonds. The Morgan fingerprint density at radius 3 is 1.28 bits per heavy atom. The van der Waals surface area contributed by atoms with Crippen LogP contribution in [0.25, 0.3) is 0 Å². The summed E-state index contributed by atoms with van der Waals surface area (Å²) < 4.78 is 0. The highest BCUT2D eigenvalue weighted by Crippen LogP contribution is 2.22. The Balaban J connectivity index is -0.0000000792. The molecule has 0 aromatic carbocycles. The third kappa shape index (κ3) is 36.1. The number of carbonyl (C=O) groups excluding carboxylic acids is 1. The molecular formula is C17H40O. The van der Waals surface area contributed by atoms with Crippen molar-refractivity contribution < 1.29 is 4.79 Å². The molecule has 18 heavy (non-hydrogen) atoms. The van der Waals surface area contributed by atoms with E-state index in [0.29, 0.717) is 6.42 Å². The van der Waals surface area contributed by atoms with Crippen molar-refractivity contribution in [2.75, 3.05) is 0 Å². The van der Waals surface area contributed by atoms with Gasteiger partial charge < -0.3 is 4.79 Å². The second kappa shape index (κ2) is 30.1. The predicted molar refractivity (Wildman–Crippen MR) is 87.3 cm³/mol. The van der Waals surface area contributed by atoms with Crippen molar-refractivity contribution in [2.24, 2.45) is 5.92 Å². The smallest absolute Gasteiger partial charge is 0.129 e. The van der Waals surface area contributed by atoms with Gasteiger partial charge in [-0.1, -0.05) is 87.5 Å². The van der Waals surface area contributed by atoms with Gasteiger partial charge in [-0.15, -0.1) is 0 Å². The first-order chi connectivity index (χ1) is 8.66. The Kier molecular flexibility index (Phi) is 43.9. The van der Waals surface area contributed by atoms with E-state index in [2.05, 4.69) is 6.92 Å². The van der Waals surface area contributed by atoms with Crippen molar-refractivity contribution >= 4 is 5.78 Å². The average Bonchev–Trinajstić information content (AvgIpc) is 2.47. The number of ketones is 1. The van der Waals surface area contributed by atoms with Crippen molar-refractivity contribution in [2.45, 2.75) is 101 Å². The second-order valence-electron chi connectivity index (χ2n) is 3.80. The first-order valence-corrected chi connectivity index (χ1v) is 8.16. The van der Waals surface area contributed by atoms with Crippen LogP contribution < -0.4 is 0 Å². The Bertz CT molecular complexity index is 113. The third-order valence-corrected chi connectivity index (χ3v) is 2.39. The van der Waals surface area contributed by atoms with Gasteiger partial charge >= 0.3 is 0 Å². The Morgan fingerprint density at radius 1 is 0.889 bits per heavy atom. The molecule has 0 aromatic heterocycles. The summed E-state index contributed by atoms with van der Waals surface area (Å²) in [6.07, 6.45) is 8.10. The highest BCUT2D eigenvalue weighted by molar-refractivity contribution is 5.74. The van der Waals surface area contributed by atoms with E-state index < -0.39 is 0 Å². The van der Waals surface area contributed by atoms with Crippen LogP contribution in [0.15, 0.2) is 0 Å². The van der Waals surface area contributed by atoms with Crippen molar-refractivity contribution in [3.8, 4) is 0 Å². The zero-order valence-corrected chi connectivity index (χ0v) is 14.7. The molecule has 0 atom stereocenters. The summed E-state index contributed by atoms with van der Waals surface area (Å²) in [6.45, 7) is 17.8. The lowest BCUT2D eigenvalue weighted by atomic mass is 9.91. The molecule has 114 valence electrons. The molecular weight excluding hydrogens is 220 g/mol. The summed E-state index contributed by atoms with van der Waals surface area (Å²) in [5.74, 6) is 1.29. The first kappa shape index (κ1) is 26.3. The van der Waals surface area contributed by atoms with Crippen molar-refractivity contribution in [3.05, 3.63) is 0 Å². The molecule has 0 heterocycles. The van der Waals surface area contributed by atoms with Gasteiger partial charge in [-0.05, 0) is 12.8 Å². The average molecular weight is 261 g/mol. The standard InChI is InChI=1S/C7H14.C4H8O.3C2H6/c1-7-5-3-2-4-6-7;1-3-4(2)5;3*1-2/h7H,2-6H2,1H3;3H2,1-2H3;3*1-2H3. The van der Waals surface area contributed by atoms with E-state index in [1.54, 1.807) is 6.92 Å². The predicted octanol–water partition coefficient (Wildman–Crippen LogP) is 6.65. The molecule has 1 heteroatoms. The molecule has 0 spiro atoms. The van der Waals surface area contributed by atoms with Gasteiger partial charge in [0, 0.05) is 6.42 Å². The number of hydrogen-bond donors (Lipinski definition) is 0. The van der Waals surface area contributed by atoms with Crippen LogP contribution in [0.3, 0.4) is 0 Å². The van der Waals surface area contributed by atoms with E-state index in [1.165, 1.54) is 32.1 Å². The molecule has 0 saturated heterocycles. The maximum atomic E-state index is 9.81.